The number of rotatable bonds is 4. The van der Waals surface area contributed by atoms with E-state index in [1.54, 1.807) is 13.0 Å². The fourth-order valence-corrected chi connectivity index (χ4v) is 1.91. The van der Waals surface area contributed by atoms with E-state index in [-0.39, 0.29) is 0 Å². The maximum absolute atomic E-state index is 5.85. The molecule has 0 aliphatic heterocycles. The van der Waals surface area contributed by atoms with Crippen molar-refractivity contribution in [2.45, 2.75) is 26.7 Å². The highest BCUT2D eigenvalue weighted by Gasteiger charge is 2.02. The number of halogens is 1. The summed E-state index contributed by atoms with van der Waals surface area (Å²) >= 11 is 5.85. The van der Waals surface area contributed by atoms with E-state index in [0.29, 0.717) is 16.9 Å². The first-order chi connectivity index (χ1) is 8.67. The van der Waals surface area contributed by atoms with Crippen LogP contribution in [0.1, 0.15) is 24.7 Å². The van der Waals surface area contributed by atoms with E-state index < -0.39 is 0 Å². The van der Waals surface area contributed by atoms with Gasteiger partial charge in [-0.15, -0.1) is 0 Å². The van der Waals surface area contributed by atoms with Gasteiger partial charge in [0, 0.05) is 6.07 Å². The van der Waals surface area contributed by atoms with Crippen molar-refractivity contribution in [1.82, 2.24) is 9.97 Å². The molecule has 1 aromatic heterocycles. The van der Waals surface area contributed by atoms with E-state index in [1.165, 1.54) is 5.56 Å². The average Bonchev–Trinajstić information content (AvgIpc) is 2.31. The molecule has 0 aliphatic rings. The topological polar surface area (TPSA) is 35.0 Å². The zero-order valence-electron chi connectivity index (χ0n) is 10.5. The van der Waals surface area contributed by atoms with Crippen LogP contribution in [0.15, 0.2) is 30.3 Å². The van der Waals surface area contributed by atoms with E-state index in [4.69, 9.17) is 16.3 Å². The highest BCUT2D eigenvalue weighted by atomic mass is 35.5. The normalized spacial score (nSPS) is 10.4. The summed E-state index contributed by atoms with van der Waals surface area (Å²) in [5.74, 6) is 1.82. The summed E-state index contributed by atoms with van der Waals surface area (Å²) in [6, 6.07) is 9.62. The van der Waals surface area contributed by atoms with Crippen LogP contribution in [0.2, 0.25) is 5.15 Å². The lowest BCUT2D eigenvalue weighted by Gasteiger charge is -2.06. The Balaban J connectivity index is 2.13. The van der Waals surface area contributed by atoms with Crippen LogP contribution in [0.4, 0.5) is 0 Å². The molecule has 2 aromatic rings. The predicted octanol–water partition coefficient (Wildman–Crippen LogP) is 4.18. The van der Waals surface area contributed by atoms with Gasteiger partial charge in [-0.05, 0) is 31.0 Å². The predicted molar refractivity (Wildman–Crippen MR) is 72.3 cm³/mol. The molecule has 3 nitrogen and oxygen atoms in total. The van der Waals surface area contributed by atoms with Gasteiger partial charge in [0.15, 0.2) is 0 Å². The molecule has 0 aliphatic carbocycles. The first kappa shape index (κ1) is 12.8. The maximum atomic E-state index is 5.85. The zero-order chi connectivity index (χ0) is 13.0. The molecular formula is C14H15ClN2O. The van der Waals surface area contributed by atoms with Crippen molar-refractivity contribution < 1.29 is 4.74 Å². The van der Waals surface area contributed by atoms with Gasteiger partial charge >= 0.3 is 0 Å². The molecule has 18 heavy (non-hydrogen) atoms. The third kappa shape index (κ3) is 3.44. The van der Waals surface area contributed by atoms with Crippen LogP contribution in [0.25, 0.3) is 0 Å². The molecular weight excluding hydrogens is 248 g/mol. The lowest BCUT2D eigenvalue weighted by molar-refractivity contribution is 0.459. The van der Waals surface area contributed by atoms with E-state index in [9.17, 15) is 0 Å². The molecule has 0 fully saturated rings. The Kier molecular flexibility index (Phi) is 4.15. The van der Waals surface area contributed by atoms with E-state index in [2.05, 4.69) is 29.0 Å². The molecule has 0 saturated carbocycles. The van der Waals surface area contributed by atoms with Gasteiger partial charge in [0.1, 0.15) is 16.7 Å². The molecule has 0 bridgehead atoms. The van der Waals surface area contributed by atoms with Gasteiger partial charge in [-0.25, -0.2) is 4.98 Å². The van der Waals surface area contributed by atoms with Crippen LogP contribution in [0.5, 0.6) is 11.6 Å². The summed E-state index contributed by atoms with van der Waals surface area (Å²) in [4.78, 5) is 8.16. The Hall–Kier alpha value is -1.61. The Morgan fingerprint density at radius 1 is 1.17 bits per heavy atom. The average molecular weight is 263 g/mol. The largest absolute Gasteiger partial charge is 0.439 e. The highest BCUT2D eigenvalue weighted by Crippen LogP contribution is 2.22. The molecule has 0 radical (unpaired) electrons. The van der Waals surface area contributed by atoms with Gasteiger partial charge in [0.05, 0.1) is 0 Å². The van der Waals surface area contributed by atoms with Crippen LogP contribution >= 0.6 is 11.6 Å². The van der Waals surface area contributed by atoms with Crippen molar-refractivity contribution in [2.24, 2.45) is 0 Å². The molecule has 0 unspecified atom stereocenters. The Morgan fingerprint density at radius 3 is 2.50 bits per heavy atom. The van der Waals surface area contributed by atoms with Gasteiger partial charge in [-0.3, -0.25) is 0 Å². The summed E-state index contributed by atoms with van der Waals surface area (Å²) < 4.78 is 5.64. The monoisotopic (exact) mass is 262 g/mol. The molecule has 4 heteroatoms. The van der Waals surface area contributed by atoms with Gasteiger partial charge in [0.25, 0.3) is 0 Å². The van der Waals surface area contributed by atoms with Gasteiger partial charge in [0.2, 0.25) is 5.88 Å². The van der Waals surface area contributed by atoms with Crippen molar-refractivity contribution in [3.63, 3.8) is 0 Å². The fourth-order valence-electron chi connectivity index (χ4n) is 1.69. The first-order valence-electron chi connectivity index (χ1n) is 5.95. The Morgan fingerprint density at radius 2 is 1.89 bits per heavy atom. The molecule has 94 valence electrons. The van der Waals surface area contributed by atoms with E-state index in [0.717, 1.165) is 18.6 Å². The van der Waals surface area contributed by atoms with Crippen molar-refractivity contribution in [3.05, 3.63) is 46.9 Å². The quantitative estimate of drug-likeness (QED) is 0.775. The molecule has 1 heterocycles. The molecule has 1 aromatic carbocycles. The van der Waals surface area contributed by atoms with Gasteiger partial charge < -0.3 is 4.74 Å². The Labute approximate surface area is 112 Å². The van der Waals surface area contributed by atoms with Crippen LogP contribution in [0.3, 0.4) is 0 Å². The number of aromatic nitrogens is 2. The van der Waals surface area contributed by atoms with Crippen molar-refractivity contribution >= 4 is 11.6 Å². The number of benzene rings is 1. The molecule has 0 saturated heterocycles. The summed E-state index contributed by atoms with van der Waals surface area (Å²) in [5.41, 5.74) is 1.31. The van der Waals surface area contributed by atoms with Crippen molar-refractivity contribution in [3.8, 4) is 11.6 Å². The number of aryl methyl sites for hydroxylation is 2. The maximum Gasteiger partial charge on any atom is 0.224 e. The zero-order valence-corrected chi connectivity index (χ0v) is 11.2. The number of nitrogens with zero attached hydrogens (tertiary/aromatic N) is 2. The summed E-state index contributed by atoms with van der Waals surface area (Å²) in [7, 11) is 0. The lowest BCUT2D eigenvalue weighted by atomic mass is 10.1. The molecule has 0 atom stereocenters. The minimum absolute atomic E-state index is 0.389. The minimum atomic E-state index is 0.389. The SMILES string of the molecule is CCCc1ccc(Oc2cc(Cl)nc(C)n2)cc1. The second kappa shape index (κ2) is 5.83. The van der Waals surface area contributed by atoms with Crippen molar-refractivity contribution in [2.75, 3.05) is 0 Å². The highest BCUT2D eigenvalue weighted by molar-refractivity contribution is 6.29. The minimum Gasteiger partial charge on any atom is -0.439 e. The van der Waals surface area contributed by atoms with E-state index >= 15 is 0 Å². The fraction of sp³-hybridized carbons (Fsp3) is 0.286. The third-order valence-electron chi connectivity index (χ3n) is 2.47. The lowest BCUT2D eigenvalue weighted by Crippen LogP contribution is -1.93. The van der Waals surface area contributed by atoms with E-state index in [1.807, 2.05) is 12.1 Å². The van der Waals surface area contributed by atoms with Gasteiger partial charge in [-0.2, -0.15) is 4.98 Å². The molecule has 2 rings (SSSR count). The van der Waals surface area contributed by atoms with Gasteiger partial charge in [-0.1, -0.05) is 37.1 Å². The number of hydrogen-bond donors (Lipinski definition) is 0. The number of ether oxygens (including phenoxy) is 1. The molecule has 0 N–H and O–H groups in total. The molecule has 0 spiro atoms. The second-order valence-corrected chi connectivity index (χ2v) is 4.46. The summed E-state index contributed by atoms with van der Waals surface area (Å²) in [5, 5.41) is 0.389. The second-order valence-electron chi connectivity index (χ2n) is 4.07. The summed E-state index contributed by atoms with van der Waals surface area (Å²) in [6.07, 6.45) is 2.22. The van der Waals surface area contributed by atoms with Crippen LogP contribution in [-0.2, 0) is 6.42 Å². The van der Waals surface area contributed by atoms with Crippen molar-refractivity contribution in [1.29, 1.82) is 0 Å². The first-order valence-corrected chi connectivity index (χ1v) is 6.33. The number of hydrogen-bond acceptors (Lipinski definition) is 3. The third-order valence-corrected chi connectivity index (χ3v) is 2.66. The Bertz CT molecular complexity index is 506. The van der Waals surface area contributed by atoms with Crippen LogP contribution < -0.4 is 4.74 Å². The van der Waals surface area contributed by atoms with Crippen LogP contribution in [-0.4, -0.2) is 9.97 Å². The summed E-state index contributed by atoms with van der Waals surface area (Å²) in [6.45, 7) is 3.94. The van der Waals surface area contributed by atoms with Crippen LogP contribution in [0, 0.1) is 6.92 Å². The standard InChI is InChI=1S/C14H15ClN2O/c1-3-4-11-5-7-12(8-6-11)18-14-9-13(15)16-10(2)17-14/h5-9H,3-4H2,1-2H3. The smallest absolute Gasteiger partial charge is 0.224 e. The molecule has 0 amide bonds.